The Morgan fingerprint density at radius 3 is 1.91 bits per heavy atom. The zero-order valence-electron chi connectivity index (χ0n) is 5.13. The van der Waals surface area contributed by atoms with Crippen LogP contribution in [0.1, 0.15) is 0 Å². The van der Waals surface area contributed by atoms with E-state index in [2.05, 4.69) is 7.54 Å². The van der Waals surface area contributed by atoms with Gasteiger partial charge in [-0.05, 0) is 0 Å². The molecule has 66 valence electrons. The van der Waals surface area contributed by atoms with Gasteiger partial charge < -0.3 is 0 Å². The van der Waals surface area contributed by atoms with Crippen LogP contribution in [0.15, 0.2) is 7.54 Å². The first-order valence-corrected chi connectivity index (χ1v) is 5.88. The fourth-order valence-corrected chi connectivity index (χ4v) is 1.27. The molecule has 0 spiro atoms. The van der Waals surface area contributed by atoms with Crippen LogP contribution in [0, 0.1) is 0 Å². The van der Waals surface area contributed by atoms with Gasteiger partial charge in [-0.15, -0.1) is 0 Å². The SMILES string of the molecule is CS(=O)(=O)N=S=NS(=O)(=O)F. The van der Waals surface area contributed by atoms with E-state index in [9.17, 15) is 20.7 Å². The zero-order chi connectivity index (χ0) is 9.12. The molecule has 0 N–H and O–H groups in total. The predicted octanol–water partition coefficient (Wildman–Crippen LogP) is -0.390. The summed E-state index contributed by atoms with van der Waals surface area (Å²) in [6, 6.07) is 0. The fourth-order valence-electron chi connectivity index (χ4n) is 0.114. The second kappa shape index (κ2) is 3.36. The van der Waals surface area contributed by atoms with E-state index < -0.39 is 20.4 Å². The van der Waals surface area contributed by atoms with Crippen molar-refractivity contribution in [1.82, 2.24) is 0 Å². The monoisotopic (exact) mass is 222 g/mol. The Kier molecular flexibility index (Phi) is 3.26. The van der Waals surface area contributed by atoms with Crippen LogP contribution >= 0.6 is 0 Å². The molecule has 0 aromatic rings. The van der Waals surface area contributed by atoms with Crippen LogP contribution in [0.25, 0.3) is 0 Å². The Morgan fingerprint density at radius 2 is 1.64 bits per heavy atom. The van der Waals surface area contributed by atoms with E-state index in [-0.39, 0.29) is 11.4 Å². The van der Waals surface area contributed by atoms with Crippen molar-refractivity contribution in [3.05, 3.63) is 0 Å². The molecule has 0 radical (unpaired) electrons. The summed E-state index contributed by atoms with van der Waals surface area (Å²) in [7, 11) is -8.70. The molecular weight excluding hydrogens is 219 g/mol. The number of sulfonamides is 1. The van der Waals surface area contributed by atoms with Gasteiger partial charge in [0.25, 0.3) is 10.0 Å². The van der Waals surface area contributed by atoms with Gasteiger partial charge in [0.15, 0.2) is 0 Å². The van der Waals surface area contributed by atoms with E-state index >= 15 is 0 Å². The normalized spacial score (nSPS) is 12.2. The van der Waals surface area contributed by atoms with Crippen molar-refractivity contribution in [2.45, 2.75) is 0 Å². The molecule has 0 aliphatic heterocycles. The number of nitrogens with zero attached hydrogens (tertiary/aromatic N) is 2. The summed E-state index contributed by atoms with van der Waals surface area (Å²) in [6.45, 7) is 0. The summed E-state index contributed by atoms with van der Waals surface area (Å²) >= 11 is -0.234. The van der Waals surface area contributed by atoms with Gasteiger partial charge in [0, 0.05) is 0 Å². The first kappa shape index (κ1) is 10.7. The van der Waals surface area contributed by atoms with E-state index in [0.717, 1.165) is 6.26 Å². The Hall–Kier alpha value is -0.350. The van der Waals surface area contributed by atoms with E-state index in [4.69, 9.17) is 0 Å². The number of hydrogen-bond donors (Lipinski definition) is 0. The third-order valence-electron chi connectivity index (χ3n) is 0.291. The summed E-state index contributed by atoms with van der Waals surface area (Å²) in [4.78, 5) is 0. The van der Waals surface area contributed by atoms with Crippen molar-refractivity contribution in [2.24, 2.45) is 7.54 Å². The van der Waals surface area contributed by atoms with Gasteiger partial charge in [-0.3, -0.25) is 0 Å². The van der Waals surface area contributed by atoms with E-state index in [0.29, 0.717) is 0 Å². The van der Waals surface area contributed by atoms with Crippen LogP contribution in [0.4, 0.5) is 3.89 Å². The van der Waals surface area contributed by atoms with Crippen molar-refractivity contribution in [3.63, 3.8) is 0 Å². The maximum atomic E-state index is 11.5. The fraction of sp³-hybridized carbons (Fsp3) is 1.00. The van der Waals surface area contributed by atoms with Crippen LogP contribution in [-0.2, 0) is 31.8 Å². The maximum absolute atomic E-state index is 11.5. The predicted molar refractivity (Wildman–Crippen MR) is 37.1 cm³/mol. The van der Waals surface area contributed by atoms with Crippen LogP contribution < -0.4 is 0 Å². The molecule has 0 bridgehead atoms. The molecule has 0 aromatic heterocycles. The molecule has 0 saturated heterocycles. The highest BCUT2D eigenvalue weighted by Gasteiger charge is 1.99. The highest BCUT2D eigenvalue weighted by molar-refractivity contribution is 7.95. The summed E-state index contributed by atoms with van der Waals surface area (Å²) < 4.78 is 55.9. The van der Waals surface area contributed by atoms with E-state index in [1.54, 1.807) is 0 Å². The van der Waals surface area contributed by atoms with Crippen LogP contribution in [0.2, 0.25) is 0 Å². The summed E-state index contributed by atoms with van der Waals surface area (Å²) in [5.41, 5.74) is 0. The molecule has 10 heteroatoms. The molecule has 0 aliphatic rings. The number of halogens is 1. The van der Waals surface area contributed by atoms with Crippen LogP contribution in [-0.4, -0.2) is 23.1 Å². The lowest BCUT2D eigenvalue weighted by molar-refractivity contribution is 0.555. The Labute approximate surface area is 66.7 Å². The third-order valence-corrected chi connectivity index (χ3v) is 2.62. The average molecular weight is 222 g/mol. The first-order valence-electron chi connectivity index (χ1n) is 1.96. The lowest BCUT2D eigenvalue weighted by atomic mass is 12.0. The topological polar surface area (TPSA) is 93.0 Å². The van der Waals surface area contributed by atoms with Gasteiger partial charge in [-0.25, -0.2) is 8.42 Å². The molecule has 0 fully saturated rings. The van der Waals surface area contributed by atoms with Gasteiger partial charge in [-0.1, -0.05) is 11.4 Å². The highest BCUT2D eigenvalue weighted by Crippen LogP contribution is 1.90. The van der Waals surface area contributed by atoms with Crippen LogP contribution in [0.3, 0.4) is 0 Å². The van der Waals surface area contributed by atoms with Gasteiger partial charge >= 0.3 is 10.4 Å². The molecule has 0 saturated carbocycles. The third kappa shape index (κ3) is 9.65. The minimum Gasteiger partial charge on any atom is -0.204 e. The average Bonchev–Trinajstić information content (AvgIpc) is 1.55. The molecule has 0 unspecified atom stereocenters. The van der Waals surface area contributed by atoms with Crippen molar-refractivity contribution in [3.8, 4) is 0 Å². The number of hydrogen-bond acceptors (Lipinski definition) is 4. The molecular formula is CH3FN2O4S3. The highest BCUT2D eigenvalue weighted by atomic mass is 32.3. The zero-order valence-corrected chi connectivity index (χ0v) is 7.58. The van der Waals surface area contributed by atoms with Gasteiger partial charge in [0.2, 0.25) is 0 Å². The smallest absolute Gasteiger partial charge is 0.204 e. The minimum atomic E-state index is -5.02. The molecule has 6 nitrogen and oxygen atoms in total. The first-order chi connectivity index (χ1) is 4.71. The van der Waals surface area contributed by atoms with Crippen molar-refractivity contribution >= 4 is 31.8 Å². The molecule has 0 aliphatic carbocycles. The second-order valence-corrected chi connectivity index (χ2v) is 5.02. The maximum Gasteiger partial charge on any atom is 0.429 e. The molecule has 0 amide bonds. The Morgan fingerprint density at radius 1 is 1.18 bits per heavy atom. The summed E-state index contributed by atoms with van der Waals surface area (Å²) in [5, 5.41) is 0. The number of rotatable bonds is 2. The van der Waals surface area contributed by atoms with Crippen molar-refractivity contribution in [2.75, 3.05) is 6.26 Å². The van der Waals surface area contributed by atoms with Gasteiger partial charge in [-0.2, -0.15) is 8.42 Å². The quantitative estimate of drug-likeness (QED) is 0.595. The summed E-state index contributed by atoms with van der Waals surface area (Å²) in [5.74, 6) is 0. The Bertz CT molecular complexity index is 349. The van der Waals surface area contributed by atoms with Crippen LogP contribution in [0.5, 0.6) is 0 Å². The lowest BCUT2D eigenvalue weighted by Gasteiger charge is -1.76. The molecule has 0 atom stereocenters. The van der Waals surface area contributed by atoms with Gasteiger partial charge in [0.1, 0.15) is 0 Å². The Balaban J connectivity index is 4.80. The molecule has 0 aromatic carbocycles. The largest absolute Gasteiger partial charge is 0.429 e. The molecule has 0 rings (SSSR count). The lowest BCUT2D eigenvalue weighted by Crippen LogP contribution is -1.87. The minimum absolute atomic E-state index is 0.234. The van der Waals surface area contributed by atoms with Crippen molar-refractivity contribution in [1.29, 1.82) is 0 Å². The molecule has 0 heterocycles. The second-order valence-electron chi connectivity index (χ2n) is 1.38. The standard InChI is InChI=1S/CH3FN2O4S3/c1-10(5,6)3-9-4-11(2,7)8/h1H3. The summed E-state index contributed by atoms with van der Waals surface area (Å²) in [6.07, 6.45) is 0.723. The van der Waals surface area contributed by atoms with Gasteiger partial charge in [0.05, 0.1) is 17.6 Å². The molecule has 11 heavy (non-hydrogen) atoms. The van der Waals surface area contributed by atoms with E-state index in [1.165, 1.54) is 0 Å². The van der Waals surface area contributed by atoms with Crippen molar-refractivity contribution < 1.29 is 20.7 Å². The van der Waals surface area contributed by atoms with E-state index in [1.807, 2.05) is 0 Å².